The summed E-state index contributed by atoms with van der Waals surface area (Å²) >= 11 is 0. The average Bonchev–Trinajstić information content (AvgIpc) is 2.64. The van der Waals surface area contributed by atoms with Crippen LogP contribution in [0.2, 0.25) is 19.6 Å². The summed E-state index contributed by atoms with van der Waals surface area (Å²) < 4.78 is 10.7. The van der Waals surface area contributed by atoms with E-state index >= 15 is 0 Å². The van der Waals surface area contributed by atoms with Crippen LogP contribution in [0.5, 0.6) is 0 Å². The van der Waals surface area contributed by atoms with E-state index in [0.717, 1.165) is 24.4 Å². The van der Waals surface area contributed by atoms with Crippen LogP contribution in [0.3, 0.4) is 0 Å². The Bertz CT molecular complexity index is 376. The Morgan fingerprint density at radius 1 is 1.41 bits per heavy atom. The minimum atomic E-state index is -1.69. The van der Waals surface area contributed by atoms with E-state index in [-0.39, 0.29) is 11.5 Å². The third-order valence-corrected chi connectivity index (χ3v) is 5.02. The van der Waals surface area contributed by atoms with Crippen LogP contribution in [0.1, 0.15) is 30.4 Å². The summed E-state index contributed by atoms with van der Waals surface area (Å²) in [4.78, 5) is 11.9. The van der Waals surface area contributed by atoms with Crippen LogP contribution in [0.4, 0.5) is 0 Å². The maximum atomic E-state index is 11.9. The zero-order valence-electron chi connectivity index (χ0n) is 11.4. The van der Waals surface area contributed by atoms with Gasteiger partial charge >= 0.3 is 5.97 Å². The van der Waals surface area contributed by atoms with Crippen molar-refractivity contribution in [2.75, 3.05) is 7.11 Å². The van der Waals surface area contributed by atoms with Gasteiger partial charge in [-0.15, -0.1) is 0 Å². The van der Waals surface area contributed by atoms with Crippen molar-refractivity contribution in [3.8, 4) is 0 Å². The molecule has 0 fully saturated rings. The lowest BCUT2D eigenvalue weighted by atomic mass is 10.3. The molecule has 0 radical (unpaired) electrons. The number of carbonyl (C=O) groups excluding carboxylic acids is 1. The van der Waals surface area contributed by atoms with Crippen LogP contribution in [0, 0.1) is 0 Å². The first-order valence-electron chi connectivity index (χ1n) is 6.06. The molecule has 1 rings (SSSR count). The zero-order chi connectivity index (χ0) is 13.1. The Labute approximate surface area is 104 Å². The van der Waals surface area contributed by atoms with Crippen molar-refractivity contribution in [1.29, 1.82) is 0 Å². The van der Waals surface area contributed by atoms with Crippen molar-refractivity contribution in [3.63, 3.8) is 0 Å². The minimum Gasteiger partial charge on any atom is -0.469 e. The topological polar surface area (TPSA) is 39.4 Å². The van der Waals surface area contributed by atoms with Crippen molar-refractivity contribution in [3.05, 3.63) is 23.7 Å². The van der Waals surface area contributed by atoms with Crippen molar-refractivity contribution in [2.24, 2.45) is 0 Å². The first-order valence-corrected chi connectivity index (χ1v) is 9.64. The molecule has 96 valence electrons. The van der Waals surface area contributed by atoms with Gasteiger partial charge in [-0.25, -0.2) is 0 Å². The minimum absolute atomic E-state index is 0.179. The lowest BCUT2D eigenvalue weighted by Crippen LogP contribution is -2.37. The number of hydrogen-bond acceptors (Lipinski definition) is 3. The number of methoxy groups -OCH3 is 1. The van der Waals surface area contributed by atoms with Gasteiger partial charge in [0.05, 0.1) is 15.2 Å². The fourth-order valence-corrected chi connectivity index (χ4v) is 3.78. The molecule has 1 aromatic rings. The number of furan rings is 1. The van der Waals surface area contributed by atoms with Gasteiger partial charge in [0.15, 0.2) is 0 Å². The van der Waals surface area contributed by atoms with E-state index in [2.05, 4.69) is 26.6 Å². The van der Waals surface area contributed by atoms with Gasteiger partial charge in [0.2, 0.25) is 0 Å². The van der Waals surface area contributed by atoms with E-state index in [1.807, 2.05) is 12.1 Å². The number of rotatable bonds is 5. The highest BCUT2D eigenvalue weighted by Crippen LogP contribution is 2.30. The lowest BCUT2D eigenvalue weighted by Gasteiger charge is -2.24. The lowest BCUT2D eigenvalue weighted by molar-refractivity contribution is -0.140. The molecule has 0 aliphatic rings. The maximum Gasteiger partial charge on any atom is 0.313 e. The van der Waals surface area contributed by atoms with Crippen LogP contribution in [0.25, 0.3) is 0 Å². The van der Waals surface area contributed by atoms with Crippen LogP contribution in [0.15, 0.2) is 16.5 Å². The molecule has 0 aromatic carbocycles. The van der Waals surface area contributed by atoms with Gasteiger partial charge in [0.1, 0.15) is 17.1 Å². The molecule has 3 nitrogen and oxygen atoms in total. The summed E-state index contributed by atoms with van der Waals surface area (Å²) in [6.45, 7) is 8.56. The van der Waals surface area contributed by atoms with Gasteiger partial charge in [-0.1, -0.05) is 26.6 Å². The molecule has 0 saturated heterocycles. The van der Waals surface area contributed by atoms with E-state index in [1.165, 1.54) is 7.11 Å². The monoisotopic (exact) mass is 254 g/mol. The van der Waals surface area contributed by atoms with E-state index in [9.17, 15) is 4.79 Å². The third-order valence-electron chi connectivity index (χ3n) is 2.77. The highest BCUT2D eigenvalue weighted by Gasteiger charge is 2.37. The van der Waals surface area contributed by atoms with E-state index in [4.69, 9.17) is 9.15 Å². The number of ether oxygens (including phenoxy) is 1. The van der Waals surface area contributed by atoms with Crippen LogP contribution in [-0.4, -0.2) is 21.2 Å². The third kappa shape index (κ3) is 3.46. The Morgan fingerprint density at radius 2 is 2.06 bits per heavy atom. The van der Waals surface area contributed by atoms with Crippen LogP contribution in [-0.2, 0) is 16.0 Å². The number of aryl methyl sites for hydroxylation is 1. The predicted octanol–water partition coefficient (Wildman–Crippen LogP) is 3.37. The summed E-state index contributed by atoms with van der Waals surface area (Å²) in [6, 6.07) is 3.89. The fourth-order valence-electron chi connectivity index (χ4n) is 1.94. The van der Waals surface area contributed by atoms with Gasteiger partial charge in [-0.2, -0.15) is 0 Å². The number of esters is 1. The van der Waals surface area contributed by atoms with E-state index < -0.39 is 8.07 Å². The normalized spacial score (nSPS) is 13.5. The molecule has 0 aliphatic heterocycles. The highest BCUT2D eigenvalue weighted by atomic mass is 28.3. The second-order valence-electron chi connectivity index (χ2n) is 5.38. The molecule has 1 atom stereocenters. The van der Waals surface area contributed by atoms with Crippen molar-refractivity contribution in [1.82, 2.24) is 0 Å². The summed E-state index contributed by atoms with van der Waals surface area (Å²) in [5.41, 5.74) is -0.210. The molecule has 17 heavy (non-hydrogen) atoms. The summed E-state index contributed by atoms with van der Waals surface area (Å²) in [6.07, 6.45) is 1.96. The van der Waals surface area contributed by atoms with Gasteiger partial charge in [0.25, 0.3) is 0 Å². The Balaban J connectivity index is 3.01. The second kappa shape index (κ2) is 5.54. The molecule has 0 amide bonds. The summed E-state index contributed by atoms with van der Waals surface area (Å²) in [5.74, 6) is 1.54. The standard InChI is InChI=1S/C13H22O3Si/c1-6-7-10-8-9-11(16-10)12(13(14)15-2)17(3,4)5/h8-9,12H,6-7H2,1-5H3. The molecule has 0 bridgehead atoms. The molecule has 1 heterocycles. The Morgan fingerprint density at radius 3 is 2.53 bits per heavy atom. The molecule has 1 aromatic heterocycles. The molecule has 1 unspecified atom stereocenters. The second-order valence-corrected chi connectivity index (χ2v) is 10.7. The quantitative estimate of drug-likeness (QED) is 0.597. The molecular formula is C13H22O3Si. The Kier molecular flexibility index (Phi) is 4.57. The maximum absolute atomic E-state index is 11.9. The first-order chi connectivity index (χ1) is 7.90. The first kappa shape index (κ1) is 14.0. The van der Waals surface area contributed by atoms with Gasteiger partial charge in [-0.3, -0.25) is 4.79 Å². The van der Waals surface area contributed by atoms with Crippen LogP contribution < -0.4 is 0 Å². The molecular weight excluding hydrogens is 232 g/mol. The zero-order valence-corrected chi connectivity index (χ0v) is 12.4. The van der Waals surface area contributed by atoms with E-state index in [0.29, 0.717) is 0 Å². The molecule has 0 aliphatic carbocycles. The summed E-state index contributed by atoms with van der Waals surface area (Å²) in [5, 5.41) is 0. The SMILES string of the molecule is CCCc1ccc(C(C(=O)OC)[Si](C)(C)C)o1. The summed E-state index contributed by atoms with van der Waals surface area (Å²) in [7, 11) is -0.254. The Hall–Kier alpha value is -1.03. The number of carbonyl (C=O) groups is 1. The van der Waals surface area contributed by atoms with Crippen LogP contribution >= 0.6 is 0 Å². The molecule has 0 N–H and O–H groups in total. The van der Waals surface area contributed by atoms with Crippen molar-refractivity contribution >= 4 is 14.0 Å². The van der Waals surface area contributed by atoms with E-state index in [1.54, 1.807) is 0 Å². The predicted molar refractivity (Wildman–Crippen MR) is 70.8 cm³/mol. The average molecular weight is 254 g/mol. The van der Waals surface area contributed by atoms with Gasteiger partial charge in [-0.05, 0) is 18.6 Å². The van der Waals surface area contributed by atoms with Gasteiger partial charge in [0, 0.05) is 6.42 Å². The smallest absolute Gasteiger partial charge is 0.313 e. The largest absolute Gasteiger partial charge is 0.469 e. The highest BCUT2D eigenvalue weighted by molar-refractivity contribution is 6.80. The number of hydrogen-bond donors (Lipinski definition) is 0. The van der Waals surface area contributed by atoms with Crippen molar-refractivity contribution < 1.29 is 13.9 Å². The molecule has 4 heteroatoms. The molecule has 0 spiro atoms. The van der Waals surface area contributed by atoms with Crippen molar-refractivity contribution in [2.45, 2.75) is 44.9 Å². The molecule has 0 saturated carbocycles. The fraction of sp³-hybridized carbons (Fsp3) is 0.615. The van der Waals surface area contributed by atoms with Gasteiger partial charge < -0.3 is 9.15 Å².